The highest BCUT2D eigenvalue weighted by Gasteiger charge is 2.18. The molecule has 0 aromatic heterocycles. The van der Waals surface area contributed by atoms with Crippen LogP contribution in [0.2, 0.25) is 0 Å². The number of thioether (sulfide) groups is 1. The fourth-order valence-corrected chi connectivity index (χ4v) is 2.26. The Morgan fingerprint density at radius 1 is 1.23 bits per heavy atom. The summed E-state index contributed by atoms with van der Waals surface area (Å²) in [5.74, 6) is -0.455. The minimum absolute atomic E-state index is 0.0778. The van der Waals surface area contributed by atoms with E-state index in [1.54, 1.807) is 23.6 Å². The fourth-order valence-electron chi connectivity index (χ4n) is 1.85. The van der Waals surface area contributed by atoms with Crippen molar-refractivity contribution in [3.05, 3.63) is 24.3 Å². The van der Waals surface area contributed by atoms with Crippen LogP contribution in [0.3, 0.4) is 0 Å². The van der Waals surface area contributed by atoms with Gasteiger partial charge in [0.1, 0.15) is 0 Å². The highest BCUT2D eigenvalue weighted by molar-refractivity contribution is 7.98. The first-order valence-electron chi connectivity index (χ1n) is 7.29. The Labute approximate surface area is 136 Å². The molecule has 6 heteroatoms. The summed E-state index contributed by atoms with van der Waals surface area (Å²) < 4.78 is 4.93. The molecule has 1 amide bonds. The van der Waals surface area contributed by atoms with Crippen LogP contribution in [0.15, 0.2) is 29.2 Å². The van der Waals surface area contributed by atoms with E-state index < -0.39 is 0 Å². The monoisotopic (exact) mass is 324 g/mol. The largest absolute Gasteiger partial charge is 0.465 e. The van der Waals surface area contributed by atoms with E-state index in [0.717, 1.165) is 10.6 Å². The summed E-state index contributed by atoms with van der Waals surface area (Å²) in [5, 5.41) is 2.84. The van der Waals surface area contributed by atoms with Gasteiger partial charge in [-0.25, -0.2) is 0 Å². The molecule has 5 nitrogen and oxygen atoms in total. The molecule has 122 valence electrons. The van der Waals surface area contributed by atoms with Crippen molar-refractivity contribution in [2.75, 3.05) is 31.3 Å². The maximum atomic E-state index is 12.1. The van der Waals surface area contributed by atoms with Crippen LogP contribution in [-0.4, -0.2) is 48.8 Å². The van der Waals surface area contributed by atoms with Gasteiger partial charge >= 0.3 is 5.97 Å². The van der Waals surface area contributed by atoms with Gasteiger partial charge in [-0.2, -0.15) is 0 Å². The first-order chi connectivity index (χ1) is 10.5. The van der Waals surface area contributed by atoms with Gasteiger partial charge in [-0.3, -0.25) is 14.5 Å². The Kier molecular flexibility index (Phi) is 7.98. The van der Waals surface area contributed by atoms with Crippen molar-refractivity contribution in [2.24, 2.45) is 0 Å². The molecule has 0 fully saturated rings. The smallest absolute Gasteiger partial charge is 0.320 e. The molecule has 0 aliphatic carbocycles. The van der Waals surface area contributed by atoms with Crippen LogP contribution in [0.25, 0.3) is 0 Å². The van der Waals surface area contributed by atoms with Gasteiger partial charge in [-0.05, 0) is 51.3 Å². The topological polar surface area (TPSA) is 58.6 Å². The second-order valence-electron chi connectivity index (χ2n) is 5.08. The Morgan fingerprint density at radius 3 is 2.36 bits per heavy atom. The molecule has 1 aromatic rings. The summed E-state index contributed by atoms with van der Waals surface area (Å²) in [6.45, 7) is 6.27. The number of hydrogen-bond donors (Lipinski definition) is 1. The number of nitrogens with zero attached hydrogens (tertiary/aromatic N) is 1. The first kappa shape index (κ1) is 18.5. The van der Waals surface area contributed by atoms with Crippen LogP contribution in [0.5, 0.6) is 0 Å². The van der Waals surface area contributed by atoms with E-state index in [9.17, 15) is 9.59 Å². The third-order valence-corrected chi connectivity index (χ3v) is 3.83. The van der Waals surface area contributed by atoms with E-state index in [-0.39, 0.29) is 31.0 Å². The normalized spacial score (nSPS) is 10.8. The zero-order valence-electron chi connectivity index (χ0n) is 13.6. The quantitative estimate of drug-likeness (QED) is 0.588. The average Bonchev–Trinajstić information content (AvgIpc) is 2.47. The number of anilines is 1. The third kappa shape index (κ3) is 6.49. The summed E-state index contributed by atoms with van der Waals surface area (Å²) >= 11 is 1.65. The molecule has 0 spiro atoms. The van der Waals surface area contributed by atoms with Crippen molar-refractivity contribution < 1.29 is 14.3 Å². The van der Waals surface area contributed by atoms with Crippen LogP contribution in [0.1, 0.15) is 20.8 Å². The van der Waals surface area contributed by atoms with Gasteiger partial charge in [-0.1, -0.05) is 0 Å². The molecule has 0 aliphatic heterocycles. The van der Waals surface area contributed by atoms with E-state index in [1.165, 1.54) is 0 Å². The first-order valence-corrected chi connectivity index (χ1v) is 8.52. The molecule has 0 atom stereocenters. The van der Waals surface area contributed by atoms with Gasteiger partial charge in [0.15, 0.2) is 0 Å². The van der Waals surface area contributed by atoms with Crippen molar-refractivity contribution >= 4 is 29.3 Å². The van der Waals surface area contributed by atoms with E-state index in [2.05, 4.69) is 5.32 Å². The molecule has 1 aromatic carbocycles. The van der Waals surface area contributed by atoms with E-state index in [4.69, 9.17) is 4.74 Å². The van der Waals surface area contributed by atoms with Crippen LogP contribution in [-0.2, 0) is 14.3 Å². The highest BCUT2D eigenvalue weighted by atomic mass is 32.2. The summed E-state index contributed by atoms with van der Waals surface area (Å²) in [6, 6.07) is 7.73. The molecule has 1 rings (SSSR count). The minimum Gasteiger partial charge on any atom is -0.465 e. The van der Waals surface area contributed by atoms with Crippen molar-refractivity contribution in [1.29, 1.82) is 0 Å². The van der Waals surface area contributed by atoms with Crippen LogP contribution in [0, 0.1) is 0 Å². The molecular weight excluding hydrogens is 300 g/mol. The van der Waals surface area contributed by atoms with Gasteiger partial charge in [0, 0.05) is 16.6 Å². The van der Waals surface area contributed by atoms with Gasteiger partial charge < -0.3 is 10.1 Å². The Morgan fingerprint density at radius 2 is 1.86 bits per heavy atom. The second kappa shape index (κ2) is 9.48. The number of rotatable bonds is 8. The Bertz CT molecular complexity index is 489. The maximum Gasteiger partial charge on any atom is 0.320 e. The fraction of sp³-hybridized carbons (Fsp3) is 0.500. The molecule has 0 saturated heterocycles. The molecule has 22 heavy (non-hydrogen) atoms. The summed E-state index contributed by atoms with van der Waals surface area (Å²) in [4.78, 5) is 26.6. The lowest BCUT2D eigenvalue weighted by atomic mass is 10.3. The lowest BCUT2D eigenvalue weighted by Crippen LogP contribution is -2.41. The molecule has 0 saturated carbocycles. The van der Waals surface area contributed by atoms with Crippen LogP contribution >= 0.6 is 11.8 Å². The molecular formula is C16H24N2O3S. The van der Waals surface area contributed by atoms with Crippen LogP contribution in [0.4, 0.5) is 5.69 Å². The lowest BCUT2D eigenvalue weighted by Gasteiger charge is -2.24. The minimum atomic E-state index is -0.312. The number of ether oxygens (including phenoxy) is 1. The molecule has 1 N–H and O–H groups in total. The number of amides is 1. The lowest BCUT2D eigenvalue weighted by molar-refractivity contribution is -0.145. The zero-order valence-corrected chi connectivity index (χ0v) is 14.4. The Hall–Kier alpha value is -1.53. The zero-order chi connectivity index (χ0) is 16.5. The second-order valence-corrected chi connectivity index (χ2v) is 5.96. The van der Waals surface area contributed by atoms with Gasteiger partial charge in [0.2, 0.25) is 5.91 Å². The average molecular weight is 324 g/mol. The van der Waals surface area contributed by atoms with E-state index in [1.807, 2.05) is 44.4 Å². The summed E-state index contributed by atoms with van der Waals surface area (Å²) in [7, 11) is 0. The van der Waals surface area contributed by atoms with Crippen LogP contribution < -0.4 is 5.32 Å². The maximum absolute atomic E-state index is 12.1. The standard InChI is InChI=1S/C16H24N2O3S/c1-5-21-16(20)11-18(12(2)3)10-15(19)17-13-6-8-14(22-4)9-7-13/h6-9,12H,5,10-11H2,1-4H3,(H,17,19). The van der Waals surface area contributed by atoms with Crippen molar-refractivity contribution in [2.45, 2.75) is 31.7 Å². The number of hydrogen-bond acceptors (Lipinski definition) is 5. The van der Waals surface area contributed by atoms with Gasteiger partial charge in [0.25, 0.3) is 0 Å². The predicted octanol–water partition coefficient (Wildman–Crippen LogP) is 2.62. The molecule has 0 aliphatic rings. The van der Waals surface area contributed by atoms with Crippen molar-refractivity contribution in [1.82, 2.24) is 4.90 Å². The van der Waals surface area contributed by atoms with Crippen molar-refractivity contribution in [3.63, 3.8) is 0 Å². The predicted molar refractivity (Wildman–Crippen MR) is 90.2 cm³/mol. The third-order valence-electron chi connectivity index (χ3n) is 3.09. The highest BCUT2D eigenvalue weighted by Crippen LogP contribution is 2.17. The molecule has 0 bridgehead atoms. The number of carbonyl (C=O) groups excluding carboxylic acids is 2. The summed E-state index contributed by atoms with van der Waals surface area (Å²) in [6.07, 6.45) is 2.00. The molecule has 0 unspecified atom stereocenters. The molecule has 0 heterocycles. The SMILES string of the molecule is CCOC(=O)CN(CC(=O)Nc1ccc(SC)cc1)C(C)C. The summed E-state index contributed by atoms with van der Waals surface area (Å²) in [5.41, 5.74) is 0.752. The Balaban J connectivity index is 2.56. The number of carbonyl (C=O) groups is 2. The van der Waals surface area contributed by atoms with Crippen molar-refractivity contribution in [3.8, 4) is 0 Å². The molecule has 0 radical (unpaired) electrons. The van der Waals surface area contributed by atoms with Gasteiger partial charge in [-0.15, -0.1) is 11.8 Å². The van der Waals surface area contributed by atoms with E-state index in [0.29, 0.717) is 6.61 Å². The number of esters is 1. The number of benzene rings is 1. The number of nitrogens with one attached hydrogen (secondary N) is 1. The van der Waals surface area contributed by atoms with Gasteiger partial charge in [0.05, 0.1) is 19.7 Å². The van der Waals surface area contributed by atoms with E-state index >= 15 is 0 Å².